The summed E-state index contributed by atoms with van der Waals surface area (Å²) in [4.78, 5) is 0. The van der Waals surface area contributed by atoms with Crippen molar-refractivity contribution in [1.29, 1.82) is 0 Å². The van der Waals surface area contributed by atoms with Crippen LogP contribution in [0.15, 0.2) is 60.9 Å². The van der Waals surface area contributed by atoms with Gasteiger partial charge in [-0.05, 0) is 42.5 Å². The van der Waals surface area contributed by atoms with Crippen LogP contribution in [0.3, 0.4) is 0 Å². The van der Waals surface area contributed by atoms with Crippen LogP contribution in [0.4, 0.5) is 0 Å². The normalized spacial score (nSPS) is 10.3. The second-order valence-corrected chi connectivity index (χ2v) is 5.21. The number of ether oxygens (including phenoxy) is 4. The first kappa shape index (κ1) is 16.7. The Balaban J connectivity index is 1.57. The molecule has 0 radical (unpaired) electrons. The van der Waals surface area contributed by atoms with Crippen LogP contribution >= 0.6 is 0 Å². The topological polar surface area (TPSA) is 54.7 Å². The molecule has 0 aliphatic rings. The maximum atomic E-state index is 5.83. The zero-order valence-corrected chi connectivity index (χ0v) is 14.2. The number of hydrogen-bond donors (Lipinski definition) is 0. The van der Waals surface area contributed by atoms with Crippen molar-refractivity contribution in [2.45, 2.75) is 6.54 Å². The summed E-state index contributed by atoms with van der Waals surface area (Å²) < 4.78 is 23.9. The van der Waals surface area contributed by atoms with E-state index in [0.717, 1.165) is 5.75 Å². The third-order valence-electron chi connectivity index (χ3n) is 3.56. The molecule has 130 valence electrons. The highest BCUT2D eigenvalue weighted by molar-refractivity contribution is 5.47. The molecule has 0 aliphatic heterocycles. The maximum Gasteiger partial charge on any atom is 0.164 e. The molecule has 0 atom stereocenters. The average Bonchev–Trinajstić information content (AvgIpc) is 3.16. The Bertz CT molecular complexity index is 786. The van der Waals surface area contributed by atoms with Gasteiger partial charge >= 0.3 is 0 Å². The van der Waals surface area contributed by atoms with Gasteiger partial charge in [-0.2, -0.15) is 5.10 Å². The van der Waals surface area contributed by atoms with Crippen LogP contribution in [0, 0.1) is 0 Å². The Kier molecular flexibility index (Phi) is 5.41. The van der Waals surface area contributed by atoms with Gasteiger partial charge in [0.05, 0.1) is 20.8 Å². The third-order valence-corrected chi connectivity index (χ3v) is 3.56. The van der Waals surface area contributed by atoms with Gasteiger partial charge in [0.15, 0.2) is 11.5 Å². The molecule has 1 aromatic heterocycles. The lowest BCUT2D eigenvalue weighted by Gasteiger charge is -2.11. The van der Waals surface area contributed by atoms with E-state index in [4.69, 9.17) is 18.9 Å². The molecule has 3 aromatic rings. The number of rotatable bonds is 8. The van der Waals surface area contributed by atoms with Crippen molar-refractivity contribution in [2.24, 2.45) is 0 Å². The molecule has 0 N–H and O–H groups in total. The van der Waals surface area contributed by atoms with Crippen molar-refractivity contribution in [1.82, 2.24) is 9.78 Å². The quantitative estimate of drug-likeness (QED) is 0.625. The van der Waals surface area contributed by atoms with Crippen LogP contribution in [0.1, 0.15) is 0 Å². The summed E-state index contributed by atoms with van der Waals surface area (Å²) in [6, 6.07) is 14.8. The highest BCUT2D eigenvalue weighted by Crippen LogP contribution is 2.33. The predicted molar refractivity (Wildman–Crippen MR) is 93.8 cm³/mol. The second kappa shape index (κ2) is 8.10. The lowest BCUT2D eigenvalue weighted by atomic mass is 10.3. The first-order valence-corrected chi connectivity index (χ1v) is 7.88. The first-order valence-electron chi connectivity index (χ1n) is 7.88. The van der Waals surface area contributed by atoms with Crippen molar-refractivity contribution >= 4 is 0 Å². The van der Waals surface area contributed by atoms with Crippen LogP contribution in [-0.2, 0) is 6.54 Å². The fourth-order valence-electron chi connectivity index (χ4n) is 2.31. The number of nitrogens with zero attached hydrogens (tertiary/aromatic N) is 2. The summed E-state index contributed by atoms with van der Waals surface area (Å²) in [5, 5.41) is 4.13. The minimum atomic E-state index is 0.553. The smallest absolute Gasteiger partial charge is 0.164 e. The van der Waals surface area contributed by atoms with Gasteiger partial charge in [-0.1, -0.05) is 0 Å². The number of methoxy groups -OCH3 is 2. The first-order chi connectivity index (χ1) is 12.3. The molecule has 0 spiro atoms. The summed E-state index contributed by atoms with van der Waals surface area (Å²) >= 11 is 0. The summed E-state index contributed by atoms with van der Waals surface area (Å²) in [7, 11) is 3.19. The zero-order chi connectivity index (χ0) is 17.5. The van der Waals surface area contributed by atoms with Crippen LogP contribution < -0.4 is 18.9 Å². The summed E-state index contributed by atoms with van der Waals surface area (Å²) in [5.41, 5.74) is 0. The van der Waals surface area contributed by atoms with Gasteiger partial charge < -0.3 is 18.9 Å². The lowest BCUT2D eigenvalue weighted by Crippen LogP contribution is -2.08. The third kappa shape index (κ3) is 4.44. The Labute approximate surface area is 146 Å². The molecule has 0 saturated heterocycles. The van der Waals surface area contributed by atoms with Crippen LogP contribution in [0.25, 0.3) is 0 Å². The standard InChI is InChI=1S/C19H20N2O4/c1-22-18-9-8-17(14-19(18)23-2)25-16-6-4-15(5-7-16)24-13-12-21-11-3-10-20-21/h3-11,14H,12-13H2,1-2H3. The van der Waals surface area contributed by atoms with E-state index < -0.39 is 0 Å². The van der Waals surface area contributed by atoms with E-state index in [2.05, 4.69) is 5.10 Å². The number of hydrogen-bond acceptors (Lipinski definition) is 5. The van der Waals surface area contributed by atoms with Crippen molar-refractivity contribution < 1.29 is 18.9 Å². The Morgan fingerprint density at radius 3 is 2.28 bits per heavy atom. The molecule has 3 rings (SSSR count). The second-order valence-electron chi connectivity index (χ2n) is 5.21. The minimum absolute atomic E-state index is 0.553. The number of benzene rings is 2. The molecule has 0 amide bonds. The average molecular weight is 340 g/mol. The molecule has 0 unspecified atom stereocenters. The summed E-state index contributed by atoms with van der Waals surface area (Å²) in [6.45, 7) is 1.26. The van der Waals surface area contributed by atoms with E-state index in [0.29, 0.717) is 36.1 Å². The van der Waals surface area contributed by atoms with E-state index >= 15 is 0 Å². The van der Waals surface area contributed by atoms with Crippen LogP contribution in [0.2, 0.25) is 0 Å². The molecule has 25 heavy (non-hydrogen) atoms. The monoisotopic (exact) mass is 340 g/mol. The lowest BCUT2D eigenvalue weighted by molar-refractivity contribution is 0.291. The van der Waals surface area contributed by atoms with Crippen molar-refractivity contribution in [3.05, 3.63) is 60.9 Å². The van der Waals surface area contributed by atoms with Gasteiger partial charge in [0.1, 0.15) is 23.9 Å². The molecule has 1 heterocycles. The highest BCUT2D eigenvalue weighted by Gasteiger charge is 2.06. The molecule has 2 aromatic carbocycles. The summed E-state index contributed by atoms with van der Waals surface area (Å²) in [6.07, 6.45) is 3.66. The molecular weight excluding hydrogens is 320 g/mol. The van der Waals surface area contributed by atoms with E-state index in [-0.39, 0.29) is 0 Å². The molecule has 6 nitrogen and oxygen atoms in total. The zero-order valence-electron chi connectivity index (χ0n) is 14.2. The SMILES string of the molecule is COc1ccc(Oc2ccc(OCCn3cccn3)cc2)cc1OC. The van der Waals surface area contributed by atoms with Gasteiger partial charge in [0.2, 0.25) is 0 Å². The molecular formula is C19H20N2O4. The molecule has 0 bridgehead atoms. The predicted octanol–water partition coefficient (Wildman–Crippen LogP) is 3.77. The van der Waals surface area contributed by atoms with Gasteiger partial charge in [-0.25, -0.2) is 0 Å². The largest absolute Gasteiger partial charge is 0.493 e. The van der Waals surface area contributed by atoms with E-state index in [1.807, 2.05) is 47.3 Å². The van der Waals surface area contributed by atoms with E-state index in [1.165, 1.54) is 0 Å². The molecule has 0 saturated carbocycles. The fraction of sp³-hybridized carbons (Fsp3) is 0.211. The maximum absolute atomic E-state index is 5.83. The minimum Gasteiger partial charge on any atom is -0.493 e. The Morgan fingerprint density at radius 2 is 1.60 bits per heavy atom. The molecule has 0 aliphatic carbocycles. The fourth-order valence-corrected chi connectivity index (χ4v) is 2.31. The Morgan fingerprint density at radius 1 is 0.880 bits per heavy atom. The Hall–Kier alpha value is -3.15. The van der Waals surface area contributed by atoms with Crippen molar-refractivity contribution in [2.75, 3.05) is 20.8 Å². The van der Waals surface area contributed by atoms with Gasteiger partial charge in [0.25, 0.3) is 0 Å². The highest BCUT2D eigenvalue weighted by atomic mass is 16.5. The molecule has 0 fully saturated rings. The van der Waals surface area contributed by atoms with Crippen molar-refractivity contribution in [3.63, 3.8) is 0 Å². The van der Waals surface area contributed by atoms with Gasteiger partial charge in [0, 0.05) is 18.5 Å². The van der Waals surface area contributed by atoms with Crippen LogP contribution in [-0.4, -0.2) is 30.6 Å². The molecule has 6 heteroatoms. The van der Waals surface area contributed by atoms with Gasteiger partial charge in [-0.3, -0.25) is 4.68 Å². The van der Waals surface area contributed by atoms with Gasteiger partial charge in [-0.15, -0.1) is 0 Å². The van der Waals surface area contributed by atoms with E-state index in [9.17, 15) is 0 Å². The summed E-state index contributed by atoms with van der Waals surface area (Å²) in [5.74, 6) is 3.46. The van der Waals surface area contributed by atoms with Crippen molar-refractivity contribution in [3.8, 4) is 28.7 Å². The van der Waals surface area contributed by atoms with Crippen LogP contribution in [0.5, 0.6) is 28.7 Å². The number of aromatic nitrogens is 2. The van der Waals surface area contributed by atoms with E-state index in [1.54, 1.807) is 32.5 Å².